The largest absolute Gasteiger partial charge is 0.480 e. The number of nitriles is 1. The number of benzene rings is 3. The van der Waals surface area contributed by atoms with E-state index in [2.05, 4.69) is 5.32 Å². The van der Waals surface area contributed by atoms with E-state index in [1.807, 2.05) is 54.6 Å². The zero-order chi connectivity index (χ0) is 21.8. The van der Waals surface area contributed by atoms with Crippen molar-refractivity contribution >= 4 is 12.1 Å². The summed E-state index contributed by atoms with van der Waals surface area (Å²) in [4.78, 5) is 24.1. The van der Waals surface area contributed by atoms with Crippen LogP contribution in [0.15, 0.2) is 72.8 Å². The highest BCUT2D eigenvalue weighted by Crippen LogP contribution is 2.44. The average Bonchev–Trinajstić information content (AvgIpc) is 3.11. The summed E-state index contributed by atoms with van der Waals surface area (Å²) in [6.45, 7) is 0.0982. The molecule has 1 atom stereocenters. The van der Waals surface area contributed by atoms with Crippen LogP contribution < -0.4 is 5.32 Å². The first-order valence-electron chi connectivity index (χ1n) is 9.91. The van der Waals surface area contributed by atoms with Crippen LogP contribution >= 0.6 is 0 Å². The second kappa shape index (κ2) is 8.72. The molecular weight excluding hydrogens is 392 g/mol. The average molecular weight is 412 g/mol. The molecule has 0 aromatic heterocycles. The zero-order valence-corrected chi connectivity index (χ0v) is 16.6. The summed E-state index contributed by atoms with van der Waals surface area (Å²) >= 11 is 0. The second-order valence-electron chi connectivity index (χ2n) is 7.33. The Labute approximate surface area is 179 Å². The maximum atomic E-state index is 12.4. The number of hydrogen-bond donors (Lipinski definition) is 2. The molecule has 0 saturated heterocycles. The molecule has 0 radical (unpaired) electrons. The Bertz CT molecular complexity index is 1140. The van der Waals surface area contributed by atoms with Crippen molar-refractivity contribution in [3.05, 3.63) is 95.1 Å². The van der Waals surface area contributed by atoms with Crippen molar-refractivity contribution in [1.82, 2.24) is 5.32 Å². The number of rotatable bonds is 6. The van der Waals surface area contributed by atoms with Crippen LogP contribution in [0.2, 0.25) is 0 Å². The van der Waals surface area contributed by atoms with Crippen LogP contribution in [-0.2, 0) is 16.0 Å². The molecule has 1 amide bonds. The van der Waals surface area contributed by atoms with E-state index in [9.17, 15) is 20.0 Å². The summed E-state index contributed by atoms with van der Waals surface area (Å²) in [6.07, 6.45) is -0.813. The van der Waals surface area contributed by atoms with Gasteiger partial charge < -0.3 is 15.2 Å². The third-order valence-corrected chi connectivity index (χ3v) is 5.50. The molecule has 6 nitrogen and oxygen atoms in total. The molecule has 0 fully saturated rings. The fourth-order valence-corrected chi connectivity index (χ4v) is 4.01. The first kappa shape index (κ1) is 20.2. The molecule has 0 unspecified atom stereocenters. The van der Waals surface area contributed by atoms with Crippen molar-refractivity contribution in [2.75, 3.05) is 6.61 Å². The maximum absolute atomic E-state index is 12.4. The van der Waals surface area contributed by atoms with Gasteiger partial charge in [-0.25, -0.2) is 9.59 Å². The van der Waals surface area contributed by atoms with E-state index in [1.165, 1.54) is 0 Å². The Kier molecular flexibility index (Phi) is 5.67. The van der Waals surface area contributed by atoms with Gasteiger partial charge in [0.1, 0.15) is 12.6 Å². The summed E-state index contributed by atoms with van der Waals surface area (Å²) in [5, 5.41) is 21.2. The summed E-state index contributed by atoms with van der Waals surface area (Å²) in [5.41, 5.74) is 5.31. The van der Waals surface area contributed by atoms with Gasteiger partial charge >= 0.3 is 12.1 Å². The normalized spacial score (nSPS) is 12.9. The molecule has 154 valence electrons. The molecular formula is C25H20N2O4. The fourth-order valence-electron chi connectivity index (χ4n) is 4.01. The molecule has 0 spiro atoms. The van der Waals surface area contributed by atoms with Crippen LogP contribution in [0.5, 0.6) is 0 Å². The van der Waals surface area contributed by atoms with Crippen LogP contribution in [0.4, 0.5) is 4.79 Å². The number of carboxylic acids is 1. The molecule has 1 aliphatic rings. The van der Waals surface area contributed by atoms with Gasteiger partial charge in [-0.2, -0.15) is 5.26 Å². The lowest BCUT2D eigenvalue weighted by atomic mass is 9.98. The van der Waals surface area contributed by atoms with Gasteiger partial charge in [-0.3, -0.25) is 0 Å². The predicted octanol–water partition coefficient (Wildman–Crippen LogP) is 4.09. The third kappa shape index (κ3) is 4.12. The number of nitrogens with one attached hydrogen (secondary N) is 1. The van der Waals surface area contributed by atoms with Crippen LogP contribution in [-0.4, -0.2) is 29.8 Å². The highest BCUT2D eigenvalue weighted by molar-refractivity contribution is 5.81. The fraction of sp³-hybridized carbons (Fsp3) is 0.160. The molecule has 6 heteroatoms. The van der Waals surface area contributed by atoms with Crippen molar-refractivity contribution in [2.45, 2.75) is 18.4 Å². The SMILES string of the molecule is N#Cc1ccccc1C[C@@H](NC(=O)OCC1c2ccccc2-c2ccccc21)C(=O)O. The van der Waals surface area contributed by atoms with Crippen molar-refractivity contribution in [1.29, 1.82) is 5.26 Å². The van der Waals surface area contributed by atoms with E-state index in [0.717, 1.165) is 22.3 Å². The van der Waals surface area contributed by atoms with Crippen molar-refractivity contribution < 1.29 is 19.4 Å². The maximum Gasteiger partial charge on any atom is 0.407 e. The Morgan fingerprint density at radius 2 is 1.55 bits per heavy atom. The molecule has 31 heavy (non-hydrogen) atoms. The molecule has 0 aliphatic heterocycles. The molecule has 4 rings (SSSR count). The lowest BCUT2D eigenvalue weighted by molar-refractivity contribution is -0.139. The topological polar surface area (TPSA) is 99.4 Å². The number of carbonyl (C=O) groups excluding carboxylic acids is 1. The van der Waals surface area contributed by atoms with E-state index in [1.54, 1.807) is 24.3 Å². The van der Waals surface area contributed by atoms with E-state index >= 15 is 0 Å². The van der Waals surface area contributed by atoms with Crippen molar-refractivity contribution in [3.8, 4) is 17.2 Å². The van der Waals surface area contributed by atoms with Gasteiger partial charge in [0.05, 0.1) is 11.6 Å². The number of nitrogens with zero attached hydrogens (tertiary/aromatic N) is 1. The lowest BCUT2D eigenvalue weighted by Gasteiger charge is -2.18. The zero-order valence-electron chi connectivity index (χ0n) is 16.6. The van der Waals surface area contributed by atoms with Crippen LogP contribution in [0.25, 0.3) is 11.1 Å². The molecule has 3 aromatic rings. The summed E-state index contributed by atoms with van der Waals surface area (Å²) in [7, 11) is 0. The molecule has 3 aromatic carbocycles. The summed E-state index contributed by atoms with van der Waals surface area (Å²) in [5.74, 6) is -1.30. The number of carboxylic acid groups (broad SMARTS) is 1. The molecule has 0 heterocycles. The Morgan fingerprint density at radius 3 is 2.16 bits per heavy atom. The van der Waals surface area contributed by atoms with E-state index < -0.39 is 18.1 Å². The van der Waals surface area contributed by atoms with Gasteiger partial charge in [0.15, 0.2) is 0 Å². The number of ether oxygens (including phenoxy) is 1. The minimum absolute atomic E-state index is 0.0107. The van der Waals surface area contributed by atoms with Crippen LogP contribution in [0.1, 0.15) is 28.2 Å². The Hall–Kier alpha value is -4.11. The first-order chi connectivity index (χ1) is 15.1. The number of alkyl carbamates (subject to hydrolysis) is 1. The Balaban J connectivity index is 1.45. The highest BCUT2D eigenvalue weighted by atomic mass is 16.5. The van der Waals surface area contributed by atoms with Gasteiger partial charge in [-0.1, -0.05) is 66.7 Å². The van der Waals surface area contributed by atoms with E-state index in [-0.39, 0.29) is 18.9 Å². The van der Waals surface area contributed by atoms with Gasteiger partial charge in [0.25, 0.3) is 0 Å². The van der Waals surface area contributed by atoms with Crippen LogP contribution in [0.3, 0.4) is 0 Å². The van der Waals surface area contributed by atoms with Gasteiger partial charge in [0.2, 0.25) is 0 Å². The second-order valence-corrected chi connectivity index (χ2v) is 7.33. The van der Waals surface area contributed by atoms with Crippen molar-refractivity contribution in [3.63, 3.8) is 0 Å². The lowest BCUT2D eigenvalue weighted by Crippen LogP contribution is -2.43. The van der Waals surface area contributed by atoms with E-state index in [0.29, 0.717) is 11.1 Å². The number of hydrogen-bond acceptors (Lipinski definition) is 4. The quantitative estimate of drug-likeness (QED) is 0.635. The van der Waals surface area contributed by atoms with E-state index in [4.69, 9.17) is 4.74 Å². The summed E-state index contributed by atoms with van der Waals surface area (Å²) in [6, 6.07) is 23.5. The molecule has 0 saturated carbocycles. The highest BCUT2D eigenvalue weighted by Gasteiger charge is 2.30. The third-order valence-electron chi connectivity index (χ3n) is 5.50. The molecule has 2 N–H and O–H groups in total. The van der Waals surface area contributed by atoms with Crippen molar-refractivity contribution in [2.24, 2.45) is 0 Å². The van der Waals surface area contributed by atoms with Gasteiger partial charge in [-0.15, -0.1) is 0 Å². The first-order valence-corrected chi connectivity index (χ1v) is 9.91. The van der Waals surface area contributed by atoms with Crippen LogP contribution in [0, 0.1) is 11.3 Å². The minimum atomic E-state index is -1.20. The monoisotopic (exact) mass is 412 g/mol. The number of aliphatic carboxylic acids is 1. The number of carbonyl (C=O) groups is 2. The van der Waals surface area contributed by atoms with Gasteiger partial charge in [-0.05, 0) is 33.9 Å². The Morgan fingerprint density at radius 1 is 0.968 bits per heavy atom. The standard InChI is InChI=1S/C25H20N2O4/c26-14-17-8-2-1-7-16(17)13-23(24(28)29)27-25(30)31-15-22-20-11-5-3-9-18(20)19-10-4-6-12-21(19)22/h1-12,22-23H,13,15H2,(H,27,30)(H,28,29)/t23-/m1/s1. The predicted molar refractivity (Wildman–Crippen MR) is 114 cm³/mol. The molecule has 1 aliphatic carbocycles. The minimum Gasteiger partial charge on any atom is -0.480 e. The number of fused-ring (bicyclic) bond motifs is 3. The van der Waals surface area contributed by atoms with Gasteiger partial charge in [0, 0.05) is 12.3 Å². The smallest absolute Gasteiger partial charge is 0.407 e. The molecule has 0 bridgehead atoms. The number of amides is 1. The summed E-state index contributed by atoms with van der Waals surface area (Å²) < 4.78 is 5.44.